The van der Waals surface area contributed by atoms with Gasteiger partial charge in [-0.15, -0.1) is 0 Å². The lowest BCUT2D eigenvalue weighted by Crippen LogP contribution is -2.39. The van der Waals surface area contributed by atoms with Gasteiger partial charge in [-0.25, -0.2) is 0 Å². The largest absolute Gasteiger partial charge is 0.505 e. The zero-order valence-electron chi connectivity index (χ0n) is 18.1. The molecule has 1 unspecified atom stereocenters. The second-order valence-electron chi connectivity index (χ2n) is 8.06. The molecule has 0 bridgehead atoms. The van der Waals surface area contributed by atoms with Crippen molar-refractivity contribution in [2.45, 2.75) is 31.9 Å². The van der Waals surface area contributed by atoms with Crippen molar-refractivity contribution in [3.63, 3.8) is 0 Å². The second kappa shape index (κ2) is 8.51. The molecule has 1 fully saturated rings. The molecule has 1 aliphatic heterocycles. The molecule has 0 saturated carbocycles. The van der Waals surface area contributed by atoms with Gasteiger partial charge >= 0.3 is 0 Å². The summed E-state index contributed by atoms with van der Waals surface area (Å²) in [7, 11) is 3.14. The number of hydrogen-bond acceptors (Lipinski definition) is 8. The number of benzene rings is 1. The number of phenols is 1. The molecule has 4 rings (SSSR count). The van der Waals surface area contributed by atoms with Crippen LogP contribution < -0.4 is 21.5 Å². The monoisotopic (exact) mass is 439 g/mol. The van der Waals surface area contributed by atoms with Crippen molar-refractivity contribution < 1.29 is 19.1 Å². The maximum Gasteiger partial charge on any atom is 0.257 e. The maximum absolute atomic E-state index is 12.4. The lowest BCUT2D eigenvalue weighted by atomic mass is 10.0. The van der Waals surface area contributed by atoms with Crippen molar-refractivity contribution in [2.24, 2.45) is 0 Å². The van der Waals surface area contributed by atoms with Crippen LogP contribution in [0.4, 0.5) is 17.1 Å². The van der Waals surface area contributed by atoms with Crippen LogP contribution in [0.25, 0.3) is 0 Å². The summed E-state index contributed by atoms with van der Waals surface area (Å²) in [6.07, 6.45) is 1.46. The SMILES string of the molecule is Cc1ccc([C@H](Nc2c(Nc3cccc(C(=O)N(C)C)c3O)c(=O)c2=O)C2CCCO2)o1. The van der Waals surface area contributed by atoms with E-state index in [2.05, 4.69) is 10.6 Å². The maximum atomic E-state index is 12.4. The van der Waals surface area contributed by atoms with Gasteiger partial charge in [0.05, 0.1) is 17.4 Å². The fraction of sp³-hybridized carbons (Fsp3) is 0.348. The molecular weight excluding hydrogens is 414 g/mol. The molecule has 2 heterocycles. The molecule has 168 valence electrons. The number of aryl methyl sites for hydroxylation is 1. The van der Waals surface area contributed by atoms with Crippen LogP contribution in [0, 0.1) is 6.92 Å². The van der Waals surface area contributed by atoms with Crippen molar-refractivity contribution in [1.82, 2.24) is 4.90 Å². The van der Waals surface area contributed by atoms with Crippen LogP contribution in [0.1, 0.15) is 40.8 Å². The number of rotatable bonds is 7. The molecule has 9 nitrogen and oxygen atoms in total. The number of furan rings is 1. The number of amides is 1. The summed E-state index contributed by atoms with van der Waals surface area (Å²) in [5, 5.41) is 16.5. The Morgan fingerprint density at radius 1 is 1.16 bits per heavy atom. The summed E-state index contributed by atoms with van der Waals surface area (Å²) in [6, 6.07) is 7.77. The Hall–Kier alpha value is -3.59. The van der Waals surface area contributed by atoms with E-state index in [9.17, 15) is 19.5 Å². The van der Waals surface area contributed by atoms with E-state index in [0.29, 0.717) is 12.4 Å². The van der Waals surface area contributed by atoms with E-state index in [0.717, 1.165) is 18.6 Å². The Bertz CT molecular complexity index is 1220. The van der Waals surface area contributed by atoms with Crippen LogP contribution in [0.5, 0.6) is 5.75 Å². The molecule has 1 aliphatic rings. The zero-order chi connectivity index (χ0) is 23.0. The first-order chi connectivity index (χ1) is 15.3. The van der Waals surface area contributed by atoms with Gasteiger partial charge in [0.25, 0.3) is 16.8 Å². The van der Waals surface area contributed by atoms with Crippen LogP contribution >= 0.6 is 0 Å². The molecule has 0 radical (unpaired) electrons. The smallest absolute Gasteiger partial charge is 0.257 e. The number of phenolic OH excluding ortho intramolecular Hbond substituents is 1. The fourth-order valence-electron chi connectivity index (χ4n) is 3.83. The van der Waals surface area contributed by atoms with E-state index in [1.165, 1.54) is 17.0 Å². The van der Waals surface area contributed by atoms with Gasteiger partial charge in [0, 0.05) is 20.7 Å². The first-order valence-corrected chi connectivity index (χ1v) is 10.4. The molecule has 9 heteroatoms. The Morgan fingerprint density at radius 3 is 2.53 bits per heavy atom. The first kappa shape index (κ1) is 21.6. The minimum atomic E-state index is -0.710. The minimum Gasteiger partial charge on any atom is -0.505 e. The molecule has 0 spiro atoms. The van der Waals surface area contributed by atoms with Crippen molar-refractivity contribution in [1.29, 1.82) is 0 Å². The summed E-state index contributed by atoms with van der Waals surface area (Å²) in [5.41, 5.74) is -1.04. The average Bonchev–Trinajstić information content (AvgIpc) is 3.45. The predicted molar refractivity (Wildman–Crippen MR) is 120 cm³/mol. The van der Waals surface area contributed by atoms with Gasteiger partial charge in [-0.1, -0.05) is 6.07 Å². The summed E-state index contributed by atoms with van der Waals surface area (Å²) < 4.78 is 11.6. The Balaban J connectivity index is 1.64. The molecule has 1 saturated heterocycles. The van der Waals surface area contributed by atoms with Crippen molar-refractivity contribution in [2.75, 3.05) is 31.3 Å². The van der Waals surface area contributed by atoms with E-state index in [1.807, 2.05) is 19.1 Å². The van der Waals surface area contributed by atoms with Crippen LogP contribution in [0.2, 0.25) is 0 Å². The minimum absolute atomic E-state index is 0.0195. The summed E-state index contributed by atoms with van der Waals surface area (Å²) in [4.78, 5) is 38.4. The highest BCUT2D eigenvalue weighted by atomic mass is 16.5. The Kier molecular flexibility index (Phi) is 5.75. The van der Waals surface area contributed by atoms with Crippen LogP contribution in [0.15, 0.2) is 44.3 Å². The van der Waals surface area contributed by atoms with Gasteiger partial charge in [-0.2, -0.15) is 0 Å². The second-order valence-corrected chi connectivity index (χ2v) is 8.06. The molecule has 0 aliphatic carbocycles. The molecule has 3 N–H and O–H groups in total. The Labute approximate surface area is 184 Å². The highest BCUT2D eigenvalue weighted by Gasteiger charge is 2.33. The van der Waals surface area contributed by atoms with Crippen molar-refractivity contribution in [3.8, 4) is 5.75 Å². The third-order valence-corrected chi connectivity index (χ3v) is 5.55. The van der Waals surface area contributed by atoms with Gasteiger partial charge < -0.3 is 29.8 Å². The van der Waals surface area contributed by atoms with E-state index in [-0.39, 0.29) is 40.4 Å². The van der Waals surface area contributed by atoms with Crippen LogP contribution in [0.3, 0.4) is 0 Å². The van der Waals surface area contributed by atoms with Gasteiger partial charge in [-0.05, 0) is 44.0 Å². The van der Waals surface area contributed by atoms with E-state index < -0.39 is 16.9 Å². The molecule has 1 aromatic heterocycles. The van der Waals surface area contributed by atoms with Crippen molar-refractivity contribution >= 4 is 23.0 Å². The van der Waals surface area contributed by atoms with E-state index in [4.69, 9.17) is 9.15 Å². The molecule has 32 heavy (non-hydrogen) atoms. The van der Waals surface area contributed by atoms with E-state index >= 15 is 0 Å². The van der Waals surface area contributed by atoms with Crippen LogP contribution in [-0.4, -0.2) is 42.7 Å². The topological polar surface area (TPSA) is 121 Å². The van der Waals surface area contributed by atoms with Gasteiger partial charge in [-0.3, -0.25) is 14.4 Å². The highest BCUT2D eigenvalue weighted by Crippen LogP contribution is 2.35. The summed E-state index contributed by atoms with van der Waals surface area (Å²) in [5.74, 6) is 0.638. The van der Waals surface area contributed by atoms with Crippen LogP contribution in [-0.2, 0) is 4.74 Å². The highest BCUT2D eigenvalue weighted by molar-refractivity contribution is 5.99. The lowest BCUT2D eigenvalue weighted by molar-refractivity contribution is 0.0824. The van der Waals surface area contributed by atoms with Gasteiger partial charge in [0.1, 0.15) is 28.9 Å². The zero-order valence-corrected chi connectivity index (χ0v) is 18.1. The van der Waals surface area contributed by atoms with Crippen molar-refractivity contribution in [3.05, 3.63) is 67.9 Å². The number of hydrogen-bond donors (Lipinski definition) is 3. The third-order valence-electron chi connectivity index (χ3n) is 5.55. The Morgan fingerprint density at radius 2 is 1.91 bits per heavy atom. The number of nitrogens with zero attached hydrogens (tertiary/aromatic N) is 1. The number of aromatic hydroxyl groups is 1. The number of anilines is 3. The number of carbonyl (C=O) groups is 1. The molecular formula is C23H25N3O6. The van der Waals surface area contributed by atoms with E-state index in [1.54, 1.807) is 20.2 Å². The van der Waals surface area contributed by atoms with Gasteiger partial charge in [0.2, 0.25) is 0 Å². The normalized spacial score (nSPS) is 16.8. The summed E-state index contributed by atoms with van der Waals surface area (Å²) >= 11 is 0. The molecule has 2 atom stereocenters. The quantitative estimate of drug-likeness (QED) is 0.380. The average molecular weight is 439 g/mol. The van der Waals surface area contributed by atoms with Gasteiger partial charge in [0.15, 0.2) is 5.75 Å². The number of ether oxygens (including phenoxy) is 1. The number of para-hydroxylation sites is 1. The molecule has 1 amide bonds. The lowest BCUT2D eigenvalue weighted by Gasteiger charge is -2.25. The fourth-order valence-corrected chi connectivity index (χ4v) is 3.83. The standard InChI is InChI=1S/C23H25N3O6/c1-12-9-10-16(32-12)17(15-8-5-11-31-15)25-19-18(21(28)22(19)29)24-14-7-4-6-13(20(14)27)23(30)26(2)3/h4,6-7,9-10,15,17,24-25,27H,5,8,11H2,1-3H3/t15?,17-/m1/s1. The number of nitrogens with one attached hydrogen (secondary N) is 2. The summed E-state index contributed by atoms with van der Waals surface area (Å²) in [6.45, 7) is 2.44. The third kappa shape index (κ3) is 3.87. The molecule has 2 aromatic carbocycles. The predicted octanol–water partition coefficient (Wildman–Crippen LogP) is 2.67. The first-order valence-electron chi connectivity index (χ1n) is 10.4. The number of carbonyl (C=O) groups excluding carboxylic acids is 1. The molecule has 3 aromatic rings.